The number of likely N-dealkylation sites (tertiary alicyclic amines) is 1. The molecule has 1 atom stereocenters. The van der Waals surface area contributed by atoms with Crippen LogP contribution in [0.2, 0.25) is 0 Å². The zero-order valence-electron chi connectivity index (χ0n) is 13.5. The first-order chi connectivity index (χ1) is 9.13. The number of hydrogen-bond acceptors (Lipinski definition) is 2. The number of aliphatic imine (C=N–C) groups is 1. The predicted molar refractivity (Wildman–Crippen MR) is 97.0 cm³/mol. The Balaban J connectivity index is 0.00000361. The fraction of sp³-hybridized carbons (Fsp3) is 0.933. The molecule has 0 aliphatic carbocycles. The van der Waals surface area contributed by atoms with Gasteiger partial charge >= 0.3 is 0 Å². The van der Waals surface area contributed by atoms with Gasteiger partial charge in [0.25, 0.3) is 0 Å². The number of halogens is 1. The van der Waals surface area contributed by atoms with Crippen LogP contribution in [0.15, 0.2) is 4.99 Å². The van der Waals surface area contributed by atoms with Crippen LogP contribution in [0.3, 0.4) is 0 Å². The van der Waals surface area contributed by atoms with Crippen LogP contribution in [0, 0.1) is 11.8 Å². The molecule has 1 fully saturated rings. The molecule has 1 unspecified atom stereocenters. The number of nitrogens with one attached hydrogen (secondary N) is 1. The van der Waals surface area contributed by atoms with Gasteiger partial charge in [0.2, 0.25) is 0 Å². The maximum atomic E-state index is 5.58. The van der Waals surface area contributed by atoms with E-state index in [1.54, 1.807) is 0 Å². The molecule has 0 radical (unpaired) electrons. The smallest absolute Gasteiger partial charge is 0.193 e. The summed E-state index contributed by atoms with van der Waals surface area (Å²) in [6.07, 6.45) is 3.66. The maximum absolute atomic E-state index is 5.58. The van der Waals surface area contributed by atoms with Crippen LogP contribution in [-0.4, -0.2) is 50.8 Å². The Labute approximate surface area is 141 Å². The second kappa shape index (κ2) is 11.6. The third-order valence-electron chi connectivity index (χ3n) is 3.37. The Kier molecular flexibility index (Phi) is 11.6. The van der Waals surface area contributed by atoms with E-state index in [1.165, 1.54) is 12.8 Å². The maximum Gasteiger partial charge on any atom is 0.193 e. The summed E-state index contributed by atoms with van der Waals surface area (Å²) in [6, 6.07) is 0. The minimum atomic E-state index is 0. The number of nitrogens with zero attached hydrogens (tertiary/aromatic N) is 2. The standard InChI is InChI=1S/C15H31N3O.HI/c1-13(2)12-19-10-6-8-17-15(16-4)18-9-5-7-14(3)11-18;/h13-14H,5-12H2,1-4H3,(H,16,17);1H. The molecule has 0 aromatic carbocycles. The summed E-state index contributed by atoms with van der Waals surface area (Å²) in [5.74, 6) is 2.45. The van der Waals surface area contributed by atoms with Crippen LogP contribution in [-0.2, 0) is 4.74 Å². The molecule has 0 bridgehead atoms. The molecule has 1 rings (SSSR count). The average Bonchev–Trinajstić information content (AvgIpc) is 2.37. The van der Waals surface area contributed by atoms with E-state index >= 15 is 0 Å². The zero-order chi connectivity index (χ0) is 14.1. The SMILES string of the molecule is CN=C(NCCCOCC(C)C)N1CCCC(C)C1.I. The van der Waals surface area contributed by atoms with Crippen molar-refractivity contribution in [1.29, 1.82) is 0 Å². The molecule has 0 aromatic heterocycles. The lowest BCUT2D eigenvalue weighted by Crippen LogP contribution is -2.46. The largest absolute Gasteiger partial charge is 0.381 e. The predicted octanol–water partition coefficient (Wildman–Crippen LogP) is 2.97. The number of hydrogen-bond donors (Lipinski definition) is 1. The van der Waals surface area contributed by atoms with Crippen LogP contribution >= 0.6 is 24.0 Å². The van der Waals surface area contributed by atoms with Crippen LogP contribution in [0.25, 0.3) is 0 Å². The van der Waals surface area contributed by atoms with Crippen molar-refractivity contribution in [3.8, 4) is 0 Å². The van der Waals surface area contributed by atoms with E-state index < -0.39 is 0 Å². The van der Waals surface area contributed by atoms with Gasteiger partial charge in [0, 0.05) is 39.9 Å². The minimum absolute atomic E-state index is 0. The number of ether oxygens (including phenoxy) is 1. The normalized spacial score (nSPS) is 19.9. The van der Waals surface area contributed by atoms with E-state index in [-0.39, 0.29) is 24.0 Å². The lowest BCUT2D eigenvalue weighted by molar-refractivity contribution is 0.108. The molecular weight excluding hydrogens is 365 g/mol. The molecule has 0 saturated carbocycles. The summed E-state index contributed by atoms with van der Waals surface area (Å²) in [5.41, 5.74) is 0. The molecule has 20 heavy (non-hydrogen) atoms. The quantitative estimate of drug-likeness (QED) is 0.324. The van der Waals surface area contributed by atoms with Crippen molar-refractivity contribution in [3.63, 3.8) is 0 Å². The zero-order valence-corrected chi connectivity index (χ0v) is 15.9. The Morgan fingerprint density at radius 2 is 2.20 bits per heavy atom. The topological polar surface area (TPSA) is 36.9 Å². The van der Waals surface area contributed by atoms with Crippen LogP contribution in [0.4, 0.5) is 0 Å². The first kappa shape index (κ1) is 20.0. The molecule has 0 amide bonds. The van der Waals surface area contributed by atoms with Gasteiger partial charge in [0.05, 0.1) is 0 Å². The van der Waals surface area contributed by atoms with Gasteiger partial charge in [-0.15, -0.1) is 24.0 Å². The van der Waals surface area contributed by atoms with Gasteiger partial charge in [-0.1, -0.05) is 20.8 Å². The van der Waals surface area contributed by atoms with Gasteiger partial charge in [-0.3, -0.25) is 4.99 Å². The monoisotopic (exact) mass is 397 g/mol. The van der Waals surface area contributed by atoms with Crippen molar-refractivity contribution in [2.24, 2.45) is 16.8 Å². The average molecular weight is 397 g/mol. The molecule has 1 saturated heterocycles. The van der Waals surface area contributed by atoms with Gasteiger partial charge < -0.3 is 15.0 Å². The molecule has 1 aliphatic heterocycles. The van der Waals surface area contributed by atoms with Crippen molar-refractivity contribution in [3.05, 3.63) is 0 Å². The third kappa shape index (κ3) is 8.29. The fourth-order valence-electron chi connectivity index (χ4n) is 2.41. The molecule has 4 nitrogen and oxygen atoms in total. The summed E-state index contributed by atoms with van der Waals surface area (Å²) in [5, 5.41) is 3.44. The van der Waals surface area contributed by atoms with Crippen LogP contribution in [0.5, 0.6) is 0 Å². The lowest BCUT2D eigenvalue weighted by Gasteiger charge is -2.33. The summed E-state index contributed by atoms with van der Waals surface area (Å²) in [4.78, 5) is 6.76. The molecule has 1 aliphatic rings. The highest BCUT2D eigenvalue weighted by Gasteiger charge is 2.18. The second-order valence-electron chi connectivity index (χ2n) is 5.99. The first-order valence-corrected chi connectivity index (χ1v) is 7.66. The van der Waals surface area contributed by atoms with Crippen molar-refractivity contribution in [2.45, 2.75) is 40.0 Å². The number of piperidine rings is 1. The second-order valence-corrected chi connectivity index (χ2v) is 5.99. The van der Waals surface area contributed by atoms with Crippen molar-refractivity contribution in [2.75, 3.05) is 39.9 Å². The van der Waals surface area contributed by atoms with Gasteiger partial charge in [0.15, 0.2) is 5.96 Å². The number of guanidine groups is 1. The fourth-order valence-corrected chi connectivity index (χ4v) is 2.41. The highest BCUT2D eigenvalue weighted by molar-refractivity contribution is 14.0. The van der Waals surface area contributed by atoms with E-state index in [1.807, 2.05) is 7.05 Å². The van der Waals surface area contributed by atoms with Gasteiger partial charge in [0.1, 0.15) is 0 Å². The van der Waals surface area contributed by atoms with Crippen LogP contribution in [0.1, 0.15) is 40.0 Å². The van der Waals surface area contributed by atoms with Gasteiger partial charge in [-0.05, 0) is 31.1 Å². The highest BCUT2D eigenvalue weighted by atomic mass is 127. The van der Waals surface area contributed by atoms with E-state index in [4.69, 9.17) is 4.74 Å². The summed E-state index contributed by atoms with van der Waals surface area (Å²) >= 11 is 0. The number of rotatable bonds is 6. The Hall–Kier alpha value is -0.0400. The Morgan fingerprint density at radius 3 is 2.80 bits per heavy atom. The molecule has 0 aromatic rings. The Morgan fingerprint density at radius 1 is 1.45 bits per heavy atom. The van der Waals surface area contributed by atoms with Gasteiger partial charge in [-0.2, -0.15) is 0 Å². The summed E-state index contributed by atoms with van der Waals surface area (Å²) in [7, 11) is 1.87. The van der Waals surface area contributed by atoms with Crippen molar-refractivity contribution in [1.82, 2.24) is 10.2 Å². The summed E-state index contributed by atoms with van der Waals surface area (Å²) in [6.45, 7) is 11.6. The summed E-state index contributed by atoms with van der Waals surface area (Å²) < 4.78 is 5.58. The molecular formula is C15H32IN3O. The van der Waals surface area contributed by atoms with E-state index in [2.05, 4.69) is 36.0 Å². The molecule has 0 spiro atoms. The molecule has 1 heterocycles. The molecule has 1 N–H and O–H groups in total. The lowest BCUT2D eigenvalue weighted by atomic mass is 10.0. The van der Waals surface area contributed by atoms with Crippen LogP contribution < -0.4 is 5.32 Å². The van der Waals surface area contributed by atoms with Gasteiger partial charge in [-0.25, -0.2) is 0 Å². The minimum Gasteiger partial charge on any atom is -0.381 e. The van der Waals surface area contributed by atoms with E-state index in [9.17, 15) is 0 Å². The Bertz CT molecular complexity index is 272. The third-order valence-corrected chi connectivity index (χ3v) is 3.37. The van der Waals surface area contributed by atoms with E-state index in [0.717, 1.165) is 51.1 Å². The highest BCUT2D eigenvalue weighted by Crippen LogP contribution is 2.15. The molecule has 120 valence electrons. The first-order valence-electron chi connectivity index (χ1n) is 7.66. The van der Waals surface area contributed by atoms with Crippen molar-refractivity contribution >= 4 is 29.9 Å². The molecule has 5 heteroatoms. The van der Waals surface area contributed by atoms with Crippen molar-refractivity contribution < 1.29 is 4.74 Å². The van der Waals surface area contributed by atoms with E-state index in [0.29, 0.717) is 5.92 Å².